The summed E-state index contributed by atoms with van der Waals surface area (Å²) < 4.78 is 1.31. The van der Waals surface area contributed by atoms with Crippen LogP contribution in [-0.4, -0.2) is 38.5 Å². The minimum atomic E-state index is -0.305. The van der Waals surface area contributed by atoms with E-state index in [-0.39, 0.29) is 18.0 Å². The molecule has 0 radical (unpaired) electrons. The number of hydrogen-bond acceptors (Lipinski definition) is 6. The van der Waals surface area contributed by atoms with Gasteiger partial charge in [-0.1, -0.05) is 0 Å². The first-order valence-corrected chi connectivity index (χ1v) is 8.79. The molecule has 2 aromatic rings. The number of carbonyl (C=O) groups is 1. The van der Waals surface area contributed by atoms with Gasteiger partial charge in [0.1, 0.15) is 6.54 Å². The zero-order valence-electron chi connectivity index (χ0n) is 15.7. The summed E-state index contributed by atoms with van der Waals surface area (Å²) in [5.41, 5.74) is 3.05. The lowest BCUT2D eigenvalue weighted by Crippen LogP contribution is -2.30. The van der Waals surface area contributed by atoms with E-state index in [1.165, 1.54) is 10.9 Å². The molecule has 0 spiro atoms. The minimum Gasteiger partial charge on any atom is -0.341 e. The lowest BCUT2D eigenvalue weighted by Gasteiger charge is -2.18. The molecule has 8 nitrogen and oxygen atoms in total. The maximum atomic E-state index is 12.4. The van der Waals surface area contributed by atoms with Crippen LogP contribution in [0.3, 0.4) is 0 Å². The van der Waals surface area contributed by atoms with Gasteiger partial charge in [0.2, 0.25) is 11.9 Å². The predicted octanol–water partition coefficient (Wildman–Crippen LogP) is 1.51. The van der Waals surface area contributed by atoms with E-state index in [0.717, 1.165) is 37.3 Å². The van der Waals surface area contributed by atoms with E-state index < -0.39 is 0 Å². The van der Waals surface area contributed by atoms with Crippen molar-refractivity contribution in [2.75, 3.05) is 23.3 Å². The van der Waals surface area contributed by atoms with Gasteiger partial charge < -0.3 is 10.2 Å². The largest absolute Gasteiger partial charge is 0.341 e. The molecule has 1 saturated heterocycles. The summed E-state index contributed by atoms with van der Waals surface area (Å²) in [5, 5.41) is 2.84. The smallest absolute Gasteiger partial charge is 0.256 e. The molecule has 1 fully saturated rings. The highest BCUT2D eigenvalue weighted by atomic mass is 16.2. The van der Waals surface area contributed by atoms with E-state index in [0.29, 0.717) is 22.9 Å². The second-order valence-corrected chi connectivity index (χ2v) is 6.70. The van der Waals surface area contributed by atoms with Crippen molar-refractivity contribution in [3.05, 3.63) is 39.3 Å². The summed E-state index contributed by atoms with van der Waals surface area (Å²) in [7, 11) is 0. The van der Waals surface area contributed by atoms with Crippen LogP contribution >= 0.6 is 0 Å². The number of nitrogens with one attached hydrogen (secondary N) is 1. The van der Waals surface area contributed by atoms with Gasteiger partial charge in [0, 0.05) is 24.3 Å². The average molecular weight is 356 g/mol. The minimum absolute atomic E-state index is 0.0975. The number of rotatable bonds is 4. The van der Waals surface area contributed by atoms with E-state index in [9.17, 15) is 9.59 Å². The fourth-order valence-corrected chi connectivity index (χ4v) is 3.06. The summed E-state index contributed by atoms with van der Waals surface area (Å²) in [4.78, 5) is 40.0. The lowest BCUT2D eigenvalue weighted by atomic mass is 10.2. The molecule has 0 saturated carbocycles. The summed E-state index contributed by atoms with van der Waals surface area (Å²) in [5.74, 6) is 0.408. The van der Waals surface area contributed by atoms with Gasteiger partial charge in [-0.05, 0) is 40.5 Å². The van der Waals surface area contributed by atoms with E-state index in [1.807, 2.05) is 13.8 Å². The Morgan fingerprint density at radius 3 is 2.31 bits per heavy atom. The third-order valence-electron chi connectivity index (χ3n) is 4.74. The standard InChI is InChI=1S/C18H24N6O2/c1-11-12(2)19-10-24(17(11)26)9-15(25)22-16-13(3)20-18(21-14(16)4)23-7-5-6-8-23/h10H,5-9H2,1-4H3,(H,22,25). The fraction of sp³-hybridized carbons (Fsp3) is 0.500. The van der Waals surface area contributed by atoms with Crippen LogP contribution in [0.4, 0.5) is 11.6 Å². The maximum Gasteiger partial charge on any atom is 0.256 e. The Labute approximate surface area is 152 Å². The Bertz CT molecular complexity index is 876. The molecule has 1 N–H and O–H groups in total. The van der Waals surface area contributed by atoms with Crippen LogP contribution in [0.25, 0.3) is 0 Å². The number of amides is 1. The van der Waals surface area contributed by atoms with Gasteiger partial charge >= 0.3 is 0 Å². The van der Waals surface area contributed by atoms with Crippen LogP contribution in [-0.2, 0) is 11.3 Å². The Balaban J connectivity index is 1.77. The van der Waals surface area contributed by atoms with Crippen molar-refractivity contribution in [3.63, 3.8) is 0 Å². The second-order valence-electron chi connectivity index (χ2n) is 6.70. The maximum absolute atomic E-state index is 12.4. The van der Waals surface area contributed by atoms with Crippen molar-refractivity contribution in [2.24, 2.45) is 0 Å². The average Bonchev–Trinajstić information content (AvgIpc) is 3.13. The molecular formula is C18H24N6O2. The Morgan fingerprint density at radius 1 is 1.08 bits per heavy atom. The van der Waals surface area contributed by atoms with Crippen molar-refractivity contribution < 1.29 is 4.79 Å². The van der Waals surface area contributed by atoms with Gasteiger partial charge in [-0.15, -0.1) is 0 Å². The molecule has 0 bridgehead atoms. The van der Waals surface area contributed by atoms with Crippen molar-refractivity contribution in [1.82, 2.24) is 19.5 Å². The number of aryl methyl sites for hydroxylation is 3. The molecular weight excluding hydrogens is 332 g/mol. The highest BCUT2D eigenvalue weighted by Crippen LogP contribution is 2.22. The molecule has 2 aromatic heterocycles. The Kier molecular flexibility index (Phi) is 5.01. The van der Waals surface area contributed by atoms with Crippen LogP contribution in [0, 0.1) is 27.7 Å². The van der Waals surface area contributed by atoms with Crippen LogP contribution < -0.4 is 15.8 Å². The van der Waals surface area contributed by atoms with E-state index in [4.69, 9.17) is 0 Å². The Hall–Kier alpha value is -2.77. The molecule has 138 valence electrons. The number of aromatic nitrogens is 4. The zero-order chi connectivity index (χ0) is 18.8. The second kappa shape index (κ2) is 7.23. The van der Waals surface area contributed by atoms with Crippen LogP contribution in [0.5, 0.6) is 0 Å². The molecule has 1 aliphatic rings. The van der Waals surface area contributed by atoms with Crippen molar-refractivity contribution >= 4 is 17.5 Å². The predicted molar refractivity (Wildman–Crippen MR) is 99.6 cm³/mol. The van der Waals surface area contributed by atoms with Crippen molar-refractivity contribution in [2.45, 2.75) is 47.1 Å². The summed E-state index contributed by atoms with van der Waals surface area (Å²) in [6, 6.07) is 0. The molecule has 1 amide bonds. The number of carbonyl (C=O) groups excluding carboxylic acids is 1. The molecule has 3 rings (SSSR count). The molecule has 0 atom stereocenters. The van der Waals surface area contributed by atoms with Gasteiger partial charge in [0.25, 0.3) is 5.56 Å². The zero-order valence-corrected chi connectivity index (χ0v) is 15.7. The van der Waals surface area contributed by atoms with Gasteiger partial charge in [-0.3, -0.25) is 14.2 Å². The van der Waals surface area contributed by atoms with Gasteiger partial charge in [-0.2, -0.15) is 0 Å². The SMILES string of the molecule is Cc1nc(N2CCCC2)nc(C)c1NC(=O)Cn1cnc(C)c(C)c1=O. The van der Waals surface area contributed by atoms with Crippen LogP contribution in [0.2, 0.25) is 0 Å². The highest BCUT2D eigenvalue weighted by Gasteiger charge is 2.18. The lowest BCUT2D eigenvalue weighted by molar-refractivity contribution is -0.116. The number of nitrogens with zero attached hydrogens (tertiary/aromatic N) is 5. The number of anilines is 2. The van der Waals surface area contributed by atoms with Crippen molar-refractivity contribution in [3.8, 4) is 0 Å². The molecule has 26 heavy (non-hydrogen) atoms. The summed E-state index contributed by atoms with van der Waals surface area (Å²) in [6.07, 6.45) is 3.70. The highest BCUT2D eigenvalue weighted by molar-refractivity contribution is 5.91. The molecule has 0 aromatic carbocycles. The van der Waals surface area contributed by atoms with Crippen LogP contribution in [0.15, 0.2) is 11.1 Å². The Morgan fingerprint density at radius 2 is 1.69 bits per heavy atom. The van der Waals surface area contributed by atoms with Gasteiger partial charge in [0.15, 0.2) is 0 Å². The molecule has 3 heterocycles. The first-order chi connectivity index (χ1) is 12.4. The third kappa shape index (κ3) is 3.58. The monoisotopic (exact) mass is 356 g/mol. The topological polar surface area (TPSA) is 93.0 Å². The molecule has 8 heteroatoms. The first kappa shape index (κ1) is 18.0. The van der Waals surface area contributed by atoms with Gasteiger partial charge in [-0.25, -0.2) is 15.0 Å². The normalized spacial score (nSPS) is 13.9. The van der Waals surface area contributed by atoms with E-state index >= 15 is 0 Å². The molecule has 0 aliphatic carbocycles. The first-order valence-electron chi connectivity index (χ1n) is 8.79. The molecule has 1 aliphatic heterocycles. The summed E-state index contributed by atoms with van der Waals surface area (Å²) >= 11 is 0. The third-order valence-corrected chi connectivity index (χ3v) is 4.74. The van der Waals surface area contributed by atoms with E-state index in [1.54, 1.807) is 13.8 Å². The fourth-order valence-electron chi connectivity index (χ4n) is 3.06. The van der Waals surface area contributed by atoms with Gasteiger partial charge in [0.05, 0.1) is 23.4 Å². The molecule has 0 unspecified atom stereocenters. The summed E-state index contributed by atoms with van der Waals surface area (Å²) in [6.45, 7) is 9.02. The van der Waals surface area contributed by atoms with Crippen molar-refractivity contribution in [1.29, 1.82) is 0 Å². The van der Waals surface area contributed by atoms with E-state index in [2.05, 4.69) is 25.2 Å². The number of hydrogen-bond donors (Lipinski definition) is 1. The van der Waals surface area contributed by atoms with Crippen LogP contribution in [0.1, 0.15) is 35.5 Å². The quantitative estimate of drug-likeness (QED) is 0.892.